The van der Waals surface area contributed by atoms with Gasteiger partial charge in [-0.15, -0.1) is 0 Å². The molecule has 1 N–H and O–H groups in total. The van der Waals surface area contributed by atoms with Crippen molar-refractivity contribution < 1.29 is 23.0 Å². The summed E-state index contributed by atoms with van der Waals surface area (Å²) in [5.41, 5.74) is -0.980. The van der Waals surface area contributed by atoms with Crippen LogP contribution in [0.25, 0.3) is 11.0 Å². The van der Waals surface area contributed by atoms with Crippen molar-refractivity contribution in [2.45, 2.75) is 31.7 Å². The van der Waals surface area contributed by atoms with E-state index in [1.807, 2.05) is 0 Å². The van der Waals surface area contributed by atoms with Crippen molar-refractivity contribution in [3.63, 3.8) is 0 Å². The predicted molar refractivity (Wildman–Crippen MR) is 63.0 cm³/mol. The van der Waals surface area contributed by atoms with Crippen molar-refractivity contribution in [3.05, 3.63) is 18.0 Å². The largest absolute Gasteiger partial charge is 0.506 e. The maximum absolute atomic E-state index is 13.0. The lowest BCUT2D eigenvalue weighted by molar-refractivity contribution is -0.141. The first-order valence-electron chi connectivity index (χ1n) is 6.23. The Labute approximate surface area is 112 Å². The molecule has 1 unspecified atom stereocenters. The number of ether oxygens (including phenoxy) is 1. The van der Waals surface area contributed by atoms with Gasteiger partial charge in [0.05, 0.1) is 11.6 Å². The number of fused-ring (bicyclic) bond motifs is 1. The van der Waals surface area contributed by atoms with E-state index < -0.39 is 18.1 Å². The Kier molecular flexibility index (Phi) is 3.04. The number of nitrogens with zero attached hydrogens (tertiary/aromatic N) is 3. The third-order valence-electron chi connectivity index (χ3n) is 3.23. The summed E-state index contributed by atoms with van der Waals surface area (Å²) in [5.74, 6) is -0.327. The molecule has 2 aromatic heterocycles. The highest BCUT2D eigenvalue weighted by Crippen LogP contribution is 2.36. The van der Waals surface area contributed by atoms with E-state index in [0.717, 1.165) is 29.8 Å². The number of hydrogen-bond donors (Lipinski definition) is 1. The standard InChI is InChI=1S/C12H12F3N3O2/c13-12(14,15)10-8-5-7(19)6-16-11(8)18(17-10)9-3-1-2-4-20-9/h5-6,9,19H,1-4H2. The predicted octanol–water partition coefficient (Wildman–Crippen LogP) is 2.85. The lowest BCUT2D eigenvalue weighted by atomic mass is 10.2. The van der Waals surface area contributed by atoms with Gasteiger partial charge in [0.15, 0.2) is 17.6 Å². The minimum Gasteiger partial charge on any atom is -0.506 e. The van der Waals surface area contributed by atoms with Gasteiger partial charge in [-0.2, -0.15) is 18.3 Å². The van der Waals surface area contributed by atoms with E-state index in [4.69, 9.17) is 4.74 Å². The van der Waals surface area contributed by atoms with Crippen LogP contribution >= 0.6 is 0 Å². The number of pyridine rings is 1. The van der Waals surface area contributed by atoms with E-state index >= 15 is 0 Å². The summed E-state index contributed by atoms with van der Waals surface area (Å²) in [5, 5.41) is 12.7. The minimum absolute atomic E-state index is 0.0713. The molecule has 108 valence electrons. The van der Waals surface area contributed by atoms with Gasteiger partial charge in [0.1, 0.15) is 5.75 Å². The average molecular weight is 287 g/mol. The van der Waals surface area contributed by atoms with Crippen molar-refractivity contribution in [1.82, 2.24) is 14.8 Å². The Morgan fingerprint density at radius 2 is 2.15 bits per heavy atom. The summed E-state index contributed by atoms with van der Waals surface area (Å²) in [4.78, 5) is 3.86. The van der Waals surface area contributed by atoms with Crippen LogP contribution in [0.1, 0.15) is 31.2 Å². The summed E-state index contributed by atoms with van der Waals surface area (Å²) in [7, 11) is 0. The summed E-state index contributed by atoms with van der Waals surface area (Å²) < 4.78 is 45.6. The molecule has 8 heteroatoms. The summed E-state index contributed by atoms with van der Waals surface area (Å²) in [6.45, 7) is 0.492. The molecule has 0 aliphatic carbocycles. The molecule has 1 atom stereocenters. The van der Waals surface area contributed by atoms with Crippen LogP contribution in [0.5, 0.6) is 5.75 Å². The summed E-state index contributed by atoms with van der Waals surface area (Å²) in [6, 6.07) is 1.03. The van der Waals surface area contributed by atoms with Gasteiger partial charge >= 0.3 is 6.18 Å². The Morgan fingerprint density at radius 1 is 1.35 bits per heavy atom. The van der Waals surface area contributed by atoms with Crippen LogP contribution in [0.15, 0.2) is 12.3 Å². The first-order valence-corrected chi connectivity index (χ1v) is 6.23. The van der Waals surface area contributed by atoms with E-state index in [-0.39, 0.29) is 16.8 Å². The van der Waals surface area contributed by atoms with Crippen LogP contribution in [0.3, 0.4) is 0 Å². The molecule has 1 aliphatic heterocycles. The molecule has 0 spiro atoms. The van der Waals surface area contributed by atoms with Gasteiger partial charge in [0.2, 0.25) is 0 Å². The number of halogens is 3. The highest BCUT2D eigenvalue weighted by atomic mass is 19.4. The first-order chi connectivity index (χ1) is 9.47. The smallest absolute Gasteiger partial charge is 0.435 e. The van der Waals surface area contributed by atoms with Gasteiger partial charge in [0.25, 0.3) is 0 Å². The monoisotopic (exact) mass is 287 g/mol. The zero-order chi connectivity index (χ0) is 14.3. The summed E-state index contributed by atoms with van der Waals surface area (Å²) >= 11 is 0. The molecule has 0 amide bonds. The molecule has 5 nitrogen and oxygen atoms in total. The molecule has 1 saturated heterocycles. The quantitative estimate of drug-likeness (QED) is 0.876. The second-order valence-electron chi connectivity index (χ2n) is 4.68. The molecule has 0 bridgehead atoms. The Bertz CT molecular complexity index is 633. The molecule has 2 aromatic rings. The highest BCUT2D eigenvalue weighted by Gasteiger charge is 2.38. The molecule has 0 radical (unpaired) electrons. The van der Waals surface area contributed by atoms with E-state index in [2.05, 4.69) is 10.1 Å². The van der Waals surface area contributed by atoms with Gasteiger partial charge in [-0.25, -0.2) is 9.67 Å². The molecule has 3 rings (SSSR count). The second kappa shape index (κ2) is 4.62. The molecule has 0 saturated carbocycles. The van der Waals surface area contributed by atoms with E-state index in [1.54, 1.807) is 0 Å². The van der Waals surface area contributed by atoms with Gasteiger partial charge in [-0.3, -0.25) is 0 Å². The van der Waals surface area contributed by atoms with Crippen molar-refractivity contribution in [1.29, 1.82) is 0 Å². The first kappa shape index (κ1) is 13.2. The van der Waals surface area contributed by atoms with Crippen molar-refractivity contribution in [2.75, 3.05) is 6.61 Å². The normalized spacial score (nSPS) is 20.4. The van der Waals surface area contributed by atoms with Gasteiger partial charge < -0.3 is 9.84 Å². The van der Waals surface area contributed by atoms with Crippen LogP contribution in [-0.4, -0.2) is 26.5 Å². The van der Waals surface area contributed by atoms with Crippen LogP contribution < -0.4 is 0 Å². The Balaban J connectivity index is 2.17. The van der Waals surface area contributed by atoms with E-state index in [0.29, 0.717) is 13.0 Å². The summed E-state index contributed by atoms with van der Waals surface area (Å²) in [6.07, 6.45) is -1.70. The topological polar surface area (TPSA) is 60.2 Å². The lowest BCUT2D eigenvalue weighted by Gasteiger charge is -2.23. The maximum atomic E-state index is 13.0. The van der Waals surface area contributed by atoms with E-state index in [9.17, 15) is 18.3 Å². The molecule has 0 aromatic carbocycles. The van der Waals surface area contributed by atoms with Gasteiger partial charge in [-0.1, -0.05) is 0 Å². The zero-order valence-electron chi connectivity index (χ0n) is 10.4. The fourth-order valence-corrected chi connectivity index (χ4v) is 2.34. The van der Waals surface area contributed by atoms with E-state index in [1.165, 1.54) is 0 Å². The average Bonchev–Trinajstić information content (AvgIpc) is 2.78. The fourth-order valence-electron chi connectivity index (χ4n) is 2.34. The molecule has 3 heterocycles. The highest BCUT2D eigenvalue weighted by molar-refractivity contribution is 5.80. The van der Waals surface area contributed by atoms with Gasteiger partial charge in [0, 0.05) is 6.61 Å². The Morgan fingerprint density at radius 3 is 2.80 bits per heavy atom. The van der Waals surface area contributed by atoms with Crippen molar-refractivity contribution in [2.24, 2.45) is 0 Å². The SMILES string of the molecule is Oc1cnc2c(c1)c(C(F)(F)F)nn2C1CCCCO1. The minimum atomic E-state index is -4.60. The zero-order valence-corrected chi connectivity index (χ0v) is 10.4. The lowest BCUT2D eigenvalue weighted by Crippen LogP contribution is -2.20. The Hall–Kier alpha value is -1.83. The van der Waals surface area contributed by atoms with Crippen LogP contribution in [-0.2, 0) is 10.9 Å². The fraction of sp³-hybridized carbons (Fsp3) is 0.500. The molecule has 1 fully saturated rings. The molecule has 1 aliphatic rings. The van der Waals surface area contributed by atoms with Crippen molar-refractivity contribution >= 4 is 11.0 Å². The second-order valence-corrected chi connectivity index (χ2v) is 4.68. The molecule has 20 heavy (non-hydrogen) atoms. The van der Waals surface area contributed by atoms with Crippen LogP contribution in [0.4, 0.5) is 13.2 Å². The van der Waals surface area contributed by atoms with Gasteiger partial charge in [-0.05, 0) is 25.3 Å². The van der Waals surface area contributed by atoms with Crippen LogP contribution in [0, 0.1) is 0 Å². The third-order valence-corrected chi connectivity index (χ3v) is 3.23. The maximum Gasteiger partial charge on any atom is 0.435 e. The molecular formula is C12H12F3N3O2. The number of aromatic hydroxyl groups is 1. The molecular weight excluding hydrogens is 275 g/mol. The number of alkyl halides is 3. The number of hydrogen-bond acceptors (Lipinski definition) is 4. The van der Waals surface area contributed by atoms with Crippen molar-refractivity contribution in [3.8, 4) is 5.75 Å². The number of rotatable bonds is 1. The third kappa shape index (κ3) is 2.20. The van der Waals surface area contributed by atoms with Crippen LogP contribution in [0.2, 0.25) is 0 Å². The number of aromatic nitrogens is 3.